The summed E-state index contributed by atoms with van der Waals surface area (Å²) < 4.78 is 16.0. The van der Waals surface area contributed by atoms with Crippen LogP contribution in [0.5, 0.6) is 0 Å². The van der Waals surface area contributed by atoms with Crippen LogP contribution in [0.1, 0.15) is 35.8 Å². The quantitative estimate of drug-likeness (QED) is 0.711. The third-order valence-corrected chi connectivity index (χ3v) is 5.69. The van der Waals surface area contributed by atoms with Crippen LogP contribution < -0.4 is 0 Å². The standard InChI is InChI=1S/C18H18FN3OS/c1-18(15-17-22(12-20-15)9-10-24-17)7-4-8-21(11-18)16(23)13-5-2-3-6-14(13)19/h2-3,5-6,9-10,12H,4,7-8,11H2,1H3/t18-/m0/s1. The second kappa shape index (κ2) is 5.70. The number of nitrogens with zero attached hydrogens (tertiary/aromatic N) is 3. The average molecular weight is 343 g/mol. The smallest absolute Gasteiger partial charge is 0.256 e. The molecule has 0 bridgehead atoms. The number of halogens is 1. The maximum Gasteiger partial charge on any atom is 0.256 e. The van der Waals surface area contributed by atoms with Gasteiger partial charge >= 0.3 is 0 Å². The van der Waals surface area contributed by atoms with Crippen molar-refractivity contribution in [1.29, 1.82) is 0 Å². The third kappa shape index (κ3) is 2.41. The predicted molar refractivity (Wildman–Crippen MR) is 92.0 cm³/mol. The van der Waals surface area contributed by atoms with Crippen molar-refractivity contribution >= 4 is 22.1 Å². The Morgan fingerprint density at radius 2 is 2.21 bits per heavy atom. The van der Waals surface area contributed by atoms with Crippen molar-refractivity contribution in [3.05, 3.63) is 59.2 Å². The Bertz CT molecular complexity index is 902. The first-order valence-corrected chi connectivity index (χ1v) is 8.91. The van der Waals surface area contributed by atoms with Crippen LogP contribution >= 0.6 is 11.3 Å². The molecule has 4 nitrogen and oxygen atoms in total. The van der Waals surface area contributed by atoms with E-state index in [1.165, 1.54) is 6.07 Å². The van der Waals surface area contributed by atoms with E-state index >= 15 is 0 Å². The summed E-state index contributed by atoms with van der Waals surface area (Å²) in [6.45, 7) is 3.37. The van der Waals surface area contributed by atoms with Gasteiger partial charge in [-0.2, -0.15) is 0 Å². The summed E-state index contributed by atoms with van der Waals surface area (Å²) in [6, 6.07) is 6.19. The van der Waals surface area contributed by atoms with Crippen LogP contribution in [0, 0.1) is 5.82 Å². The molecule has 1 aliphatic rings. The normalized spacial score (nSPS) is 21.3. The highest BCUT2D eigenvalue weighted by atomic mass is 32.1. The lowest BCUT2D eigenvalue weighted by Gasteiger charge is -2.39. The van der Waals surface area contributed by atoms with E-state index in [4.69, 9.17) is 0 Å². The first-order valence-electron chi connectivity index (χ1n) is 8.03. The Morgan fingerprint density at radius 1 is 1.38 bits per heavy atom. The Balaban J connectivity index is 1.65. The fourth-order valence-electron chi connectivity index (χ4n) is 3.56. The molecule has 1 aliphatic heterocycles. The van der Waals surface area contributed by atoms with E-state index in [0.717, 1.165) is 23.4 Å². The van der Waals surface area contributed by atoms with Crippen LogP contribution in [-0.2, 0) is 5.41 Å². The largest absolute Gasteiger partial charge is 0.338 e. The summed E-state index contributed by atoms with van der Waals surface area (Å²) in [6.07, 6.45) is 5.68. The fraction of sp³-hybridized carbons (Fsp3) is 0.333. The summed E-state index contributed by atoms with van der Waals surface area (Å²) in [7, 11) is 0. The Labute approximate surface area is 143 Å². The van der Waals surface area contributed by atoms with Crippen LogP contribution in [-0.4, -0.2) is 33.3 Å². The van der Waals surface area contributed by atoms with Crippen LogP contribution in [0.2, 0.25) is 0 Å². The average Bonchev–Trinajstić information content (AvgIpc) is 3.18. The first kappa shape index (κ1) is 15.3. The molecular formula is C18H18FN3OS. The molecule has 2 aromatic heterocycles. The Kier molecular flexibility index (Phi) is 3.64. The molecular weight excluding hydrogens is 325 g/mol. The van der Waals surface area contributed by atoms with Gasteiger partial charge in [-0.05, 0) is 25.0 Å². The van der Waals surface area contributed by atoms with Gasteiger partial charge in [0.2, 0.25) is 0 Å². The zero-order valence-electron chi connectivity index (χ0n) is 13.4. The molecule has 3 heterocycles. The number of imidazole rings is 1. The lowest BCUT2D eigenvalue weighted by molar-refractivity contribution is 0.0644. The number of rotatable bonds is 2. The Morgan fingerprint density at radius 3 is 3.04 bits per heavy atom. The lowest BCUT2D eigenvalue weighted by atomic mass is 9.79. The molecule has 0 N–H and O–H groups in total. The van der Waals surface area contributed by atoms with Gasteiger partial charge in [0.1, 0.15) is 17.0 Å². The number of amides is 1. The van der Waals surface area contributed by atoms with E-state index in [0.29, 0.717) is 13.1 Å². The van der Waals surface area contributed by atoms with E-state index in [1.807, 2.05) is 22.3 Å². The molecule has 1 saturated heterocycles. The van der Waals surface area contributed by atoms with Gasteiger partial charge in [-0.25, -0.2) is 9.37 Å². The number of carbonyl (C=O) groups excluding carboxylic acids is 1. The minimum atomic E-state index is -0.461. The molecule has 0 radical (unpaired) electrons. The SMILES string of the molecule is C[C@]1(c2ncn3ccsc23)CCCN(C(=O)c2ccccc2F)C1. The summed E-state index contributed by atoms with van der Waals surface area (Å²) >= 11 is 1.66. The van der Waals surface area contributed by atoms with E-state index in [9.17, 15) is 9.18 Å². The molecule has 1 atom stereocenters. The van der Waals surface area contributed by atoms with Gasteiger partial charge in [0.15, 0.2) is 0 Å². The number of benzene rings is 1. The molecule has 0 spiro atoms. The van der Waals surface area contributed by atoms with Gasteiger partial charge in [-0.3, -0.25) is 9.20 Å². The molecule has 0 unspecified atom stereocenters. The fourth-order valence-corrected chi connectivity index (χ4v) is 4.52. The Hall–Kier alpha value is -2.21. The van der Waals surface area contributed by atoms with Crippen molar-refractivity contribution in [3.8, 4) is 0 Å². The van der Waals surface area contributed by atoms with Crippen molar-refractivity contribution in [1.82, 2.24) is 14.3 Å². The van der Waals surface area contributed by atoms with Gasteiger partial charge in [0, 0.05) is 30.1 Å². The van der Waals surface area contributed by atoms with Crippen molar-refractivity contribution in [2.24, 2.45) is 0 Å². The molecule has 1 aromatic carbocycles. The monoisotopic (exact) mass is 343 g/mol. The highest BCUT2D eigenvalue weighted by Crippen LogP contribution is 2.37. The predicted octanol–water partition coefficient (Wildman–Crippen LogP) is 3.73. The van der Waals surface area contributed by atoms with E-state index in [-0.39, 0.29) is 16.9 Å². The second-order valence-electron chi connectivity index (χ2n) is 6.58. The minimum Gasteiger partial charge on any atom is -0.338 e. The number of thiazole rings is 1. The van der Waals surface area contributed by atoms with Gasteiger partial charge in [-0.1, -0.05) is 19.1 Å². The number of piperidine rings is 1. The van der Waals surface area contributed by atoms with Crippen LogP contribution in [0.3, 0.4) is 0 Å². The summed E-state index contributed by atoms with van der Waals surface area (Å²) in [5, 5.41) is 2.04. The first-order chi connectivity index (χ1) is 11.6. The summed E-state index contributed by atoms with van der Waals surface area (Å²) in [4.78, 5) is 20.2. The van der Waals surface area contributed by atoms with Gasteiger partial charge in [-0.15, -0.1) is 11.3 Å². The summed E-state index contributed by atoms with van der Waals surface area (Å²) in [5.41, 5.74) is 0.968. The molecule has 124 valence electrons. The van der Waals surface area contributed by atoms with Gasteiger partial charge in [0.05, 0.1) is 11.3 Å². The van der Waals surface area contributed by atoms with Crippen molar-refractivity contribution in [2.75, 3.05) is 13.1 Å². The molecule has 24 heavy (non-hydrogen) atoms. The number of aromatic nitrogens is 2. The van der Waals surface area contributed by atoms with E-state index < -0.39 is 5.82 Å². The van der Waals surface area contributed by atoms with Crippen LogP contribution in [0.4, 0.5) is 4.39 Å². The topological polar surface area (TPSA) is 37.6 Å². The third-order valence-electron chi connectivity index (χ3n) is 4.81. The lowest BCUT2D eigenvalue weighted by Crippen LogP contribution is -2.47. The molecule has 6 heteroatoms. The maximum atomic E-state index is 14.0. The molecule has 0 saturated carbocycles. The van der Waals surface area contributed by atoms with Crippen molar-refractivity contribution in [2.45, 2.75) is 25.2 Å². The number of carbonyl (C=O) groups is 1. The molecule has 3 aromatic rings. The zero-order chi connectivity index (χ0) is 16.7. The maximum absolute atomic E-state index is 14.0. The van der Waals surface area contributed by atoms with Crippen LogP contribution in [0.15, 0.2) is 42.2 Å². The highest BCUT2D eigenvalue weighted by Gasteiger charge is 2.38. The minimum absolute atomic E-state index is 0.146. The molecule has 4 rings (SSSR count). The number of likely N-dealkylation sites (tertiary alicyclic amines) is 1. The van der Waals surface area contributed by atoms with E-state index in [1.54, 1.807) is 34.4 Å². The summed E-state index contributed by atoms with van der Waals surface area (Å²) in [5.74, 6) is -0.696. The number of hydrogen-bond donors (Lipinski definition) is 0. The molecule has 0 aliphatic carbocycles. The number of fused-ring (bicyclic) bond motifs is 1. The molecule has 1 amide bonds. The number of hydrogen-bond acceptors (Lipinski definition) is 3. The van der Waals surface area contributed by atoms with Gasteiger partial charge < -0.3 is 4.90 Å². The highest BCUT2D eigenvalue weighted by molar-refractivity contribution is 7.15. The molecule has 1 fully saturated rings. The van der Waals surface area contributed by atoms with Crippen molar-refractivity contribution < 1.29 is 9.18 Å². The van der Waals surface area contributed by atoms with Gasteiger partial charge in [0.25, 0.3) is 5.91 Å². The van der Waals surface area contributed by atoms with Crippen molar-refractivity contribution in [3.63, 3.8) is 0 Å². The van der Waals surface area contributed by atoms with E-state index in [2.05, 4.69) is 11.9 Å². The van der Waals surface area contributed by atoms with Crippen LogP contribution in [0.25, 0.3) is 4.83 Å². The second-order valence-corrected chi connectivity index (χ2v) is 7.47. The zero-order valence-corrected chi connectivity index (χ0v) is 14.2.